The average Bonchev–Trinajstić information content (AvgIpc) is 3.03. The molecule has 1 aliphatic rings. The SMILES string of the molecule is C(#CC[C@H]1CO1)COc1ccccc1. The molecule has 0 N–H and O–H groups in total. The monoisotopic (exact) mass is 188 g/mol. The zero-order valence-corrected chi connectivity index (χ0v) is 7.90. The van der Waals surface area contributed by atoms with Gasteiger partial charge in [0.2, 0.25) is 0 Å². The minimum absolute atomic E-state index is 0.388. The fraction of sp³-hybridized carbons (Fsp3) is 0.333. The first-order chi connectivity index (χ1) is 6.95. The van der Waals surface area contributed by atoms with Gasteiger partial charge < -0.3 is 9.47 Å². The average molecular weight is 188 g/mol. The number of hydrogen-bond acceptors (Lipinski definition) is 2. The summed E-state index contributed by atoms with van der Waals surface area (Å²) in [6, 6.07) is 9.70. The lowest BCUT2D eigenvalue weighted by Crippen LogP contribution is -1.93. The second-order valence-corrected chi connectivity index (χ2v) is 3.11. The van der Waals surface area contributed by atoms with Gasteiger partial charge in [-0.3, -0.25) is 0 Å². The molecule has 0 bridgehead atoms. The van der Waals surface area contributed by atoms with Crippen molar-refractivity contribution in [3.63, 3.8) is 0 Å². The molecule has 1 saturated heterocycles. The summed E-state index contributed by atoms with van der Waals surface area (Å²) in [5, 5.41) is 0. The normalized spacial score (nSPS) is 18.1. The van der Waals surface area contributed by atoms with Crippen LogP contribution in [0.5, 0.6) is 5.75 Å². The minimum atomic E-state index is 0.388. The van der Waals surface area contributed by atoms with Crippen molar-refractivity contribution in [1.29, 1.82) is 0 Å². The second-order valence-electron chi connectivity index (χ2n) is 3.11. The van der Waals surface area contributed by atoms with Crippen LogP contribution in [0.15, 0.2) is 30.3 Å². The molecule has 1 aromatic rings. The Balaban J connectivity index is 1.68. The van der Waals surface area contributed by atoms with Gasteiger partial charge in [0.15, 0.2) is 0 Å². The number of hydrogen-bond donors (Lipinski definition) is 0. The van der Waals surface area contributed by atoms with Gasteiger partial charge in [0.25, 0.3) is 0 Å². The molecule has 1 aromatic carbocycles. The number of rotatable bonds is 3. The first kappa shape index (κ1) is 9.11. The van der Waals surface area contributed by atoms with Crippen LogP contribution >= 0.6 is 0 Å². The molecule has 0 amide bonds. The van der Waals surface area contributed by atoms with Crippen LogP contribution in [0.2, 0.25) is 0 Å². The van der Waals surface area contributed by atoms with E-state index in [0.717, 1.165) is 18.8 Å². The Kier molecular flexibility index (Phi) is 3.05. The van der Waals surface area contributed by atoms with Crippen molar-refractivity contribution in [3.8, 4) is 17.6 Å². The van der Waals surface area contributed by atoms with Crippen LogP contribution in [-0.2, 0) is 4.74 Å². The quantitative estimate of drug-likeness (QED) is 0.533. The molecule has 2 rings (SSSR count). The summed E-state index contributed by atoms with van der Waals surface area (Å²) in [5.74, 6) is 6.84. The molecule has 1 atom stereocenters. The number of para-hydroxylation sites is 1. The van der Waals surface area contributed by atoms with Crippen molar-refractivity contribution in [3.05, 3.63) is 30.3 Å². The van der Waals surface area contributed by atoms with E-state index in [1.807, 2.05) is 30.3 Å². The van der Waals surface area contributed by atoms with Crippen molar-refractivity contribution < 1.29 is 9.47 Å². The molecule has 2 nitrogen and oxygen atoms in total. The molecule has 0 aromatic heterocycles. The lowest BCUT2D eigenvalue weighted by Gasteiger charge is -1.99. The molecule has 1 fully saturated rings. The van der Waals surface area contributed by atoms with Crippen molar-refractivity contribution in [2.45, 2.75) is 12.5 Å². The third kappa shape index (κ3) is 3.12. The largest absolute Gasteiger partial charge is 0.481 e. The van der Waals surface area contributed by atoms with Crippen LogP contribution < -0.4 is 4.74 Å². The Labute approximate surface area is 83.8 Å². The van der Waals surface area contributed by atoms with Crippen molar-refractivity contribution in [1.82, 2.24) is 0 Å². The molecular weight excluding hydrogens is 176 g/mol. The molecule has 0 unspecified atom stereocenters. The highest BCUT2D eigenvalue weighted by molar-refractivity contribution is 5.21. The maximum Gasteiger partial charge on any atom is 0.149 e. The van der Waals surface area contributed by atoms with Gasteiger partial charge in [-0.05, 0) is 12.1 Å². The summed E-state index contributed by atoms with van der Waals surface area (Å²) >= 11 is 0. The van der Waals surface area contributed by atoms with Gasteiger partial charge in [-0.25, -0.2) is 0 Å². The van der Waals surface area contributed by atoms with Gasteiger partial charge in [-0.1, -0.05) is 30.0 Å². The number of ether oxygens (including phenoxy) is 2. The zero-order chi connectivity index (χ0) is 9.64. The van der Waals surface area contributed by atoms with Gasteiger partial charge >= 0.3 is 0 Å². The summed E-state index contributed by atoms with van der Waals surface area (Å²) in [5.41, 5.74) is 0. The predicted octanol–water partition coefficient (Wildman–Crippen LogP) is 1.86. The fourth-order valence-electron chi connectivity index (χ4n) is 1.06. The van der Waals surface area contributed by atoms with Gasteiger partial charge in [0.1, 0.15) is 12.4 Å². The molecule has 0 radical (unpaired) electrons. The highest BCUT2D eigenvalue weighted by Gasteiger charge is 2.20. The standard InChI is InChI=1S/C12H12O2/c1-2-6-11(7-3-1)13-9-5-4-8-12-10-14-12/h1-3,6-7,12H,8-10H2/t12-/m0/s1. The van der Waals surface area contributed by atoms with E-state index in [1.165, 1.54) is 0 Å². The van der Waals surface area contributed by atoms with E-state index >= 15 is 0 Å². The van der Waals surface area contributed by atoms with E-state index in [-0.39, 0.29) is 0 Å². The topological polar surface area (TPSA) is 21.8 Å². The predicted molar refractivity (Wildman–Crippen MR) is 54.1 cm³/mol. The van der Waals surface area contributed by atoms with Crippen LogP contribution in [0.4, 0.5) is 0 Å². The van der Waals surface area contributed by atoms with Crippen LogP contribution in [0.3, 0.4) is 0 Å². The number of epoxide rings is 1. The van der Waals surface area contributed by atoms with E-state index in [0.29, 0.717) is 12.7 Å². The maximum absolute atomic E-state index is 5.39. The maximum atomic E-state index is 5.39. The molecule has 1 aliphatic heterocycles. The van der Waals surface area contributed by atoms with Gasteiger partial charge in [-0.2, -0.15) is 0 Å². The third-order valence-electron chi connectivity index (χ3n) is 1.91. The molecule has 0 saturated carbocycles. The first-order valence-corrected chi connectivity index (χ1v) is 4.70. The molecule has 72 valence electrons. The van der Waals surface area contributed by atoms with Crippen molar-refractivity contribution in [2.24, 2.45) is 0 Å². The summed E-state index contributed by atoms with van der Waals surface area (Å²) in [6.07, 6.45) is 1.22. The Morgan fingerprint density at radius 3 is 2.79 bits per heavy atom. The van der Waals surface area contributed by atoms with E-state index in [2.05, 4.69) is 11.8 Å². The summed E-state index contributed by atoms with van der Waals surface area (Å²) in [4.78, 5) is 0. The molecule has 2 heteroatoms. The van der Waals surface area contributed by atoms with E-state index in [9.17, 15) is 0 Å². The van der Waals surface area contributed by atoms with Crippen LogP contribution in [0, 0.1) is 11.8 Å². The third-order valence-corrected chi connectivity index (χ3v) is 1.91. The molecular formula is C12H12O2. The summed E-state index contributed by atoms with van der Waals surface area (Å²) in [6.45, 7) is 1.32. The van der Waals surface area contributed by atoms with Gasteiger partial charge in [-0.15, -0.1) is 0 Å². The molecule has 0 spiro atoms. The lowest BCUT2D eigenvalue weighted by atomic mass is 10.3. The summed E-state index contributed by atoms with van der Waals surface area (Å²) < 4.78 is 10.4. The fourth-order valence-corrected chi connectivity index (χ4v) is 1.06. The van der Waals surface area contributed by atoms with Gasteiger partial charge in [0.05, 0.1) is 12.7 Å². The Morgan fingerprint density at radius 1 is 1.29 bits per heavy atom. The van der Waals surface area contributed by atoms with Crippen LogP contribution in [0.25, 0.3) is 0 Å². The molecule has 0 aliphatic carbocycles. The Hall–Kier alpha value is -1.46. The first-order valence-electron chi connectivity index (χ1n) is 4.70. The smallest absolute Gasteiger partial charge is 0.149 e. The van der Waals surface area contributed by atoms with E-state index in [4.69, 9.17) is 9.47 Å². The second kappa shape index (κ2) is 4.69. The van der Waals surface area contributed by atoms with Crippen molar-refractivity contribution >= 4 is 0 Å². The van der Waals surface area contributed by atoms with Crippen molar-refractivity contribution in [2.75, 3.05) is 13.2 Å². The zero-order valence-electron chi connectivity index (χ0n) is 7.90. The molecule has 14 heavy (non-hydrogen) atoms. The molecule has 1 heterocycles. The lowest BCUT2D eigenvalue weighted by molar-refractivity contribution is 0.370. The Bertz CT molecular complexity index is 330. The minimum Gasteiger partial charge on any atom is -0.481 e. The highest BCUT2D eigenvalue weighted by atomic mass is 16.6. The highest BCUT2D eigenvalue weighted by Crippen LogP contribution is 2.11. The van der Waals surface area contributed by atoms with Gasteiger partial charge in [0, 0.05) is 6.42 Å². The van der Waals surface area contributed by atoms with Crippen LogP contribution in [-0.4, -0.2) is 19.3 Å². The van der Waals surface area contributed by atoms with E-state index < -0.39 is 0 Å². The van der Waals surface area contributed by atoms with E-state index in [1.54, 1.807) is 0 Å². The Morgan fingerprint density at radius 2 is 2.07 bits per heavy atom. The van der Waals surface area contributed by atoms with Crippen LogP contribution in [0.1, 0.15) is 6.42 Å². The summed E-state index contributed by atoms with van der Waals surface area (Å²) in [7, 11) is 0. The number of benzene rings is 1.